The van der Waals surface area contributed by atoms with Gasteiger partial charge in [-0.3, -0.25) is 4.79 Å². The van der Waals surface area contributed by atoms with Gasteiger partial charge in [0.15, 0.2) is 11.8 Å². The lowest BCUT2D eigenvalue weighted by Crippen LogP contribution is -3.12. The van der Waals surface area contributed by atoms with E-state index in [1.54, 1.807) is 0 Å². The van der Waals surface area contributed by atoms with Gasteiger partial charge >= 0.3 is 0 Å². The summed E-state index contributed by atoms with van der Waals surface area (Å²) in [6, 6.07) is 17.7. The largest absolute Gasteiger partial charge is 0.460 e. The van der Waals surface area contributed by atoms with Gasteiger partial charge in [-0.15, -0.1) is 0 Å². The Morgan fingerprint density at radius 3 is 2.62 bits per heavy atom. The zero-order valence-electron chi connectivity index (χ0n) is 14.3. The van der Waals surface area contributed by atoms with Gasteiger partial charge in [0.25, 0.3) is 5.91 Å². The number of benzene rings is 2. The fourth-order valence-corrected chi connectivity index (χ4v) is 2.81. The van der Waals surface area contributed by atoms with Gasteiger partial charge in [0.1, 0.15) is 12.3 Å². The molecule has 0 aliphatic heterocycles. The molecule has 24 heavy (non-hydrogen) atoms. The van der Waals surface area contributed by atoms with E-state index in [0.29, 0.717) is 6.54 Å². The number of carbonyl (C=O) groups excluding carboxylic acids is 1. The number of furan rings is 1. The van der Waals surface area contributed by atoms with E-state index in [0.717, 1.165) is 32.9 Å². The second-order valence-corrected chi connectivity index (χ2v) is 6.27. The molecule has 0 spiro atoms. The van der Waals surface area contributed by atoms with Crippen LogP contribution < -0.4 is 10.2 Å². The summed E-state index contributed by atoms with van der Waals surface area (Å²) in [5.74, 6) is 1.80. The number of fused-ring (bicyclic) bond motifs is 1. The minimum Gasteiger partial charge on any atom is -0.460 e. The van der Waals surface area contributed by atoms with Crippen LogP contribution in [0.15, 0.2) is 59.0 Å². The molecule has 3 aromatic rings. The highest BCUT2D eigenvalue weighted by molar-refractivity contribution is 6.03. The van der Waals surface area contributed by atoms with Crippen molar-refractivity contribution in [3.8, 4) is 0 Å². The molecular weight excluding hydrogens is 300 g/mol. The molecule has 2 atom stereocenters. The van der Waals surface area contributed by atoms with Crippen LogP contribution in [-0.4, -0.2) is 19.0 Å². The van der Waals surface area contributed by atoms with Crippen LogP contribution in [0.1, 0.15) is 18.4 Å². The van der Waals surface area contributed by atoms with E-state index in [4.69, 9.17) is 4.42 Å². The summed E-state index contributed by atoms with van der Waals surface area (Å²) in [6.45, 7) is 4.54. The molecule has 1 aromatic heterocycles. The standard InChI is InChI=1S/C20H22N2O2/c1-14-11-12-17(24-14)13-22(3)15(2)20(23)21-19-10-6-8-16-7-4-5-9-18(16)19/h4-12,15H,13H2,1-3H3,(H,21,23)/p+1/t15-/m0/s1. The number of quaternary nitrogens is 1. The highest BCUT2D eigenvalue weighted by Gasteiger charge is 2.23. The zero-order valence-corrected chi connectivity index (χ0v) is 14.3. The summed E-state index contributed by atoms with van der Waals surface area (Å²) in [6.07, 6.45) is 0. The number of nitrogens with one attached hydrogen (secondary N) is 2. The Labute approximate surface area is 142 Å². The summed E-state index contributed by atoms with van der Waals surface area (Å²) in [4.78, 5) is 13.7. The number of likely N-dealkylation sites (N-methyl/N-ethyl adjacent to an activating group) is 1. The predicted molar refractivity (Wildman–Crippen MR) is 96.1 cm³/mol. The molecule has 2 aromatic carbocycles. The van der Waals surface area contributed by atoms with Crippen molar-refractivity contribution in [3.63, 3.8) is 0 Å². The average molecular weight is 323 g/mol. The second-order valence-electron chi connectivity index (χ2n) is 6.27. The second kappa shape index (κ2) is 6.89. The van der Waals surface area contributed by atoms with Crippen LogP contribution in [-0.2, 0) is 11.3 Å². The summed E-state index contributed by atoms with van der Waals surface area (Å²) in [5, 5.41) is 5.24. The molecule has 0 saturated carbocycles. The summed E-state index contributed by atoms with van der Waals surface area (Å²) in [7, 11) is 2.01. The molecule has 1 amide bonds. The van der Waals surface area contributed by atoms with E-state index in [2.05, 4.69) is 5.32 Å². The molecule has 2 N–H and O–H groups in total. The van der Waals surface area contributed by atoms with Crippen molar-refractivity contribution >= 4 is 22.4 Å². The number of hydrogen-bond donors (Lipinski definition) is 2. The average Bonchev–Trinajstić information content (AvgIpc) is 2.99. The molecule has 0 saturated heterocycles. The minimum absolute atomic E-state index is 0.00660. The van der Waals surface area contributed by atoms with Gasteiger partial charge in [-0.25, -0.2) is 0 Å². The Kier molecular flexibility index (Phi) is 4.67. The van der Waals surface area contributed by atoms with E-state index in [-0.39, 0.29) is 11.9 Å². The molecule has 0 bridgehead atoms. The molecule has 0 radical (unpaired) electrons. The third-order valence-electron chi connectivity index (χ3n) is 4.43. The summed E-state index contributed by atoms with van der Waals surface area (Å²) in [5.41, 5.74) is 0.853. The van der Waals surface area contributed by atoms with Crippen molar-refractivity contribution in [2.45, 2.75) is 26.4 Å². The van der Waals surface area contributed by atoms with Gasteiger partial charge in [0.05, 0.1) is 7.05 Å². The zero-order chi connectivity index (χ0) is 17.1. The number of rotatable bonds is 5. The van der Waals surface area contributed by atoms with Crippen LogP contribution in [0.3, 0.4) is 0 Å². The van der Waals surface area contributed by atoms with Gasteiger partial charge in [-0.05, 0) is 37.4 Å². The molecule has 3 rings (SSSR count). The van der Waals surface area contributed by atoms with Crippen LogP contribution in [0.5, 0.6) is 0 Å². The van der Waals surface area contributed by atoms with Gasteiger partial charge in [0.2, 0.25) is 0 Å². The van der Waals surface area contributed by atoms with Gasteiger partial charge in [0, 0.05) is 11.1 Å². The van der Waals surface area contributed by atoms with Crippen molar-refractivity contribution in [2.75, 3.05) is 12.4 Å². The van der Waals surface area contributed by atoms with Crippen LogP contribution in [0.25, 0.3) is 10.8 Å². The molecule has 124 valence electrons. The number of aryl methyl sites for hydroxylation is 1. The SMILES string of the molecule is Cc1ccc(C[NH+](C)[C@@H](C)C(=O)Nc2cccc3ccccc23)o1. The van der Waals surface area contributed by atoms with Gasteiger partial charge in [-0.1, -0.05) is 36.4 Å². The minimum atomic E-state index is -0.186. The van der Waals surface area contributed by atoms with Gasteiger partial charge < -0.3 is 14.6 Å². The van der Waals surface area contributed by atoms with E-state index >= 15 is 0 Å². The highest BCUT2D eigenvalue weighted by atomic mass is 16.3. The van der Waals surface area contributed by atoms with Gasteiger partial charge in [-0.2, -0.15) is 0 Å². The van der Waals surface area contributed by atoms with E-state index in [1.807, 2.05) is 75.5 Å². The molecule has 1 heterocycles. The smallest absolute Gasteiger partial charge is 0.282 e. The fourth-order valence-electron chi connectivity index (χ4n) is 2.81. The first-order valence-electron chi connectivity index (χ1n) is 8.21. The topological polar surface area (TPSA) is 46.7 Å². The molecule has 4 heteroatoms. The molecular formula is C20H23N2O2+. The van der Waals surface area contributed by atoms with E-state index in [9.17, 15) is 4.79 Å². The van der Waals surface area contributed by atoms with Crippen molar-refractivity contribution in [1.29, 1.82) is 0 Å². The normalized spacial score (nSPS) is 13.6. The predicted octanol–water partition coefficient (Wildman–Crippen LogP) is 2.78. The first-order chi connectivity index (χ1) is 11.5. The third-order valence-corrected chi connectivity index (χ3v) is 4.43. The van der Waals surface area contributed by atoms with E-state index in [1.165, 1.54) is 0 Å². The summed E-state index contributed by atoms with van der Waals surface area (Å²) >= 11 is 0. The maximum absolute atomic E-state index is 12.6. The Morgan fingerprint density at radius 1 is 1.12 bits per heavy atom. The number of hydrogen-bond acceptors (Lipinski definition) is 2. The van der Waals surface area contributed by atoms with Crippen molar-refractivity contribution in [3.05, 3.63) is 66.1 Å². The number of carbonyl (C=O) groups is 1. The van der Waals surface area contributed by atoms with Crippen molar-refractivity contribution in [2.24, 2.45) is 0 Å². The number of anilines is 1. The lowest BCUT2D eigenvalue weighted by Gasteiger charge is -2.20. The van der Waals surface area contributed by atoms with E-state index < -0.39 is 0 Å². The maximum atomic E-state index is 12.6. The Hall–Kier alpha value is -2.59. The van der Waals surface area contributed by atoms with Crippen molar-refractivity contribution in [1.82, 2.24) is 0 Å². The molecule has 1 unspecified atom stereocenters. The van der Waals surface area contributed by atoms with Crippen LogP contribution >= 0.6 is 0 Å². The molecule has 0 aliphatic rings. The number of amides is 1. The first-order valence-corrected chi connectivity index (χ1v) is 8.21. The summed E-state index contributed by atoms with van der Waals surface area (Å²) < 4.78 is 5.61. The highest BCUT2D eigenvalue weighted by Crippen LogP contribution is 2.22. The van der Waals surface area contributed by atoms with Crippen LogP contribution in [0.4, 0.5) is 5.69 Å². The Balaban J connectivity index is 1.71. The third kappa shape index (κ3) is 3.49. The Bertz CT molecular complexity index is 848. The first kappa shape index (κ1) is 16.3. The van der Waals surface area contributed by atoms with Crippen LogP contribution in [0.2, 0.25) is 0 Å². The molecule has 0 fully saturated rings. The van der Waals surface area contributed by atoms with Crippen LogP contribution in [0, 0.1) is 6.92 Å². The lowest BCUT2D eigenvalue weighted by molar-refractivity contribution is -0.908. The quantitative estimate of drug-likeness (QED) is 0.758. The fraction of sp³-hybridized carbons (Fsp3) is 0.250. The molecule has 4 nitrogen and oxygen atoms in total. The maximum Gasteiger partial charge on any atom is 0.282 e. The van der Waals surface area contributed by atoms with Crippen molar-refractivity contribution < 1.29 is 14.1 Å². The Morgan fingerprint density at radius 2 is 1.88 bits per heavy atom. The monoisotopic (exact) mass is 323 g/mol. The molecule has 0 aliphatic carbocycles. The lowest BCUT2D eigenvalue weighted by atomic mass is 10.1.